The van der Waals surface area contributed by atoms with E-state index in [4.69, 9.17) is 91.4 Å². The van der Waals surface area contributed by atoms with Gasteiger partial charge in [0.25, 0.3) is 17.7 Å². The number of carbonyl (C=O) groups is 6. The summed E-state index contributed by atoms with van der Waals surface area (Å²) in [5.41, 5.74) is 10.8. The van der Waals surface area contributed by atoms with Gasteiger partial charge in [-0.3, -0.25) is 28.8 Å². The summed E-state index contributed by atoms with van der Waals surface area (Å²) in [7, 11) is 10.2. The molecule has 0 bridgehead atoms. The van der Waals surface area contributed by atoms with Crippen LogP contribution in [0.1, 0.15) is 72.7 Å². The molecule has 638 valence electrons. The van der Waals surface area contributed by atoms with E-state index in [2.05, 4.69) is 25.1 Å². The normalized spacial score (nSPS) is 17.0. The first-order chi connectivity index (χ1) is 57.6. The van der Waals surface area contributed by atoms with Crippen LogP contribution >= 0.6 is 81.2 Å². The van der Waals surface area contributed by atoms with Gasteiger partial charge >= 0.3 is 0 Å². The summed E-state index contributed by atoms with van der Waals surface area (Å²) in [6, 6.07) is 39.4. The Morgan fingerprint density at radius 3 is 0.975 bits per heavy atom. The number of amides is 6. The highest BCUT2D eigenvalue weighted by molar-refractivity contribution is 6.43. The fraction of sp³-hybridized carbons (Fsp3) is 0.345. The summed E-state index contributed by atoms with van der Waals surface area (Å²) < 4.78 is 45.5. The average molecular weight is 1790 g/mol. The molecule has 34 heteroatoms. The molecule has 3 fully saturated rings. The van der Waals surface area contributed by atoms with Crippen LogP contribution in [0.25, 0.3) is 0 Å². The van der Waals surface area contributed by atoms with E-state index in [-0.39, 0.29) is 71.9 Å². The van der Waals surface area contributed by atoms with Crippen molar-refractivity contribution in [1.29, 1.82) is 0 Å². The Morgan fingerprint density at radius 2 is 0.678 bits per heavy atom. The Bertz CT molecular complexity index is 5240. The van der Waals surface area contributed by atoms with Gasteiger partial charge in [-0.15, -0.1) is 11.6 Å². The summed E-state index contributed by atoms with van der Waals surface area (Å²) in [6.07, 6.45) is 0. The monoisotopic (exact) mass is 1790 g/mol. The predicted octanol–water partition coefficient (Wildman–Crippen LogP) is 15.1. The number of rotatable bonds is 14. The fourth-order valence-corrected chi connectivity index (χ4v) is 16.8. The zero-order valence-corrected chi connectivity index (χ0v) is 74.3. The van der Waals surface area contributed by atoms with E-state index < -0.39 is 18.1 Å². The first-order valence-corrected chi connectivity index (χ1v) is 41.9. The number of nitrogens with one attached hydrogen (secondary N) is 1. The summed E-state index contributed by atoms with van der Waals surface area (Å²) in [5.74, 6) is 0.800. The standard InChI is InChI=1S/2C29H31Cl2FN6O2.C25H24Cl2FN5O.C4H8ClNO/c2*1-18-16-24-37(17-25(39)34(3)4)19(2)26(28(38(24)33-18)22-6-5-7-23(30)27(22)31)29(40)36-14-12-35(13-15-36)21-10-8-20(32)9-11-21;1-15-14-21-29-16(2)22(24(33(21)30-15)19-4-3-5-20(26)23(19)27)25(34)32-12-10-31(11-13-32)18-8-6-17(28)7-9-18;1-6(2)4(7)3-5/h2*5-11,16,28H,12-15,17H2,1-4H3;3-9,14,24,29H,10-13H2,1-2H3;3H2,1-2H3. The number of fused-ring (bicyclic) bond motifs is 3. The Balaban J connectivity index is 0.000000160. The Kier molecular flexibility index (Phi) is 28.8. The zero-order valence-electron chi connectivity index (χ0n) is 69.0. The number of hydrogen-bond donors (Lipinski definition) is 1. The number of alkyl halides is 1. The molecule has 1 N–H and O–H groups in total. The van der Waals surface area contributed by atoms with Gasteiger partial charge in [0.1, 0.15) is 72.0 Å². The van der Waals surface area contributed by atoms with Crippen LogP contribution in [-0.2, 0) is 28.8 Å². The van der Waals surface area contributed by atoms with Gasteiger partial charge in [-0.25, -0.2) is 27.2 Å². The van der Waals surface area contributed by atoms with Gasteiger partial charge in [0, 0.05) is 190 Å². The lowest BCUT2D eigenvalue weighted by Gasteiger charge is -2.41. The minimum Gasteiger partial charge on any atom is -0.368 e. The quantitative estimate of drug-likeness (QED) is 0.101. The highest BCUT2D eigenvalue weighted by Crippen LogP contribution is 2.48. The van der Waals surface area contributed by atoms with Gasteiger partial charge in [0.2, 0.25) is 17.7 Å². The van der Waals surface area contributed by atoms with Gasteiger partial charge in [-0.05, 0) is 133 Å². The third-order valence-electron chi connectivity index (χ3n) is 21.9. The molecule has 3 saturated heterocycles. The van der Waals surface area contributed by atoms with E-state index >= 15 is 0 Å². The van der Waals surface area contributed by atoms with E-state index in [1.165, 1.54) is 51.1 Å². The van der Waals surface area contributed by atoms with E-state index in [9.17, 15) is 41.9 Å². The van der Waals surface area contributed by atoms with Crippen LogP contribution in [0.5, 0.6) is 0 Å². The molecule has 9 aromatic rings. The van der Waals surface area contributed by atoms with Crippen molar-refractivity contribution in [2.24, 2.45) is 0 Å². The highest BCUT2D eigenvalue weighted by Gasteiger charge is 2.44. The molecule has 9 heterocycles. The Morgan fingerprint density at radius 1 is 0.388 bits per heavy atom. The van der Waals surface area contributed by atoms with Gasteiger partial charge in [0.15, 0.2) is 0 Å². The molecule has 0 saturated carbocycles. The fourth-order valence-electron chi connectivity index (χ4n) is 15.4. The molecular formula is C87H94Cl7F3N18O6. The molecule has 121 heavy (non-hydrogen) atoms. The van der Waals surface area contributed by atoms with Crippen molar-refractivity contribution < 1.29 is 41.9 Å². The zero-order chi connectivity index (χ0) is 87.3. The largest absolute Gasteiger partial charge is 0.368 e. The van der Waals surface area contributed by atoms with Crippen LogP contribution < -0.4 is 29.8 Å². The number of aromatic nitrogens is 6. The Hall–Kier alpha value is -10.4. The summed E-state index contributed by atoms with van der Waals surface area (Å²) in [4.78, 5) is 98.8. The molecule has 3 atom stereocenters. The lowest BCUT2D eigenvalue weighted by atomic mass is 9.93. The number of carbonyl (C=O) groups excluding carboxylic acids is 6. The lowest BCUT2D eigenvalue weighted by molar-refractivity contribution is -0.129. The number of halogens is 10. The molecule has 0 radical (unpaired) electrons. The number of piperazine rings is 3. The third kappa shape index (κ3) is 19.7. The smallest absolute Gasteiger partial charge is 0.254 e. The second kappa shape index (κ2) is 38.8. The maximum absolute atomic E-state index is 14.4. The Labute approximate surface area is 736 Å². The first kappa shape index (κ1) is 89.9. The third-order valence-corrected chi connectivity index (χ3v) is 24.7. The minimum atomic E-state index is -0.636. The van der Waals surface area contributed by atoms with E-state index in [0.29, 0.717) is 160 Å². The van der Waals surface area contributed by atoms with Gasteiger partial charge in [-0.2, -0.15) is 15.3 Å². The van der Waals surface area contributed by atoms with Crippen LogP contribution in [0.2, 0.25) is 30.1 Å². The second-order valence-electron chi connectivity index (χ2n) is 30.5. The molecule has 15 rings (SSSR count). The van der Waals surface area contributed by atoms with Crippen LogP contribution in [0.4, 0.5) is 47.7 Å². The van der Waals surface area contributed by atoms with Crippen LogP contribution in [-0.4, -0.2) is 234 Å². The van der Waals surface area contributed by atoms with Gasteiger partial charge in [0.05, 0.1) is 63.9 Å². The molecular weight excluding hydrogens is 1700 g/mol. The van der Waals surface area contributed by atoms with Gasteiger partial charge in [-0.1, -0.05) is 106 Å². The van der Waals surface area contributed by atoms with Crippen molar-refractivity contribution in [3.63, 3.8) is 0 Å². The number of hydrogen-bond acceptors (Lipinski definition) is 15. The number of anilines is 6. The average Bonchev–Trinajstić information content (AvgIpc) is 1.68. The lowest BCUT2D eigenvalue weighted by Crippen LogP contribution is -2.51. The van der Waals surface area contributed by atoms with Crippen molar-refractivity contribution >= 4 is 151 Å². The minimum absolute atomic E-state index is 0.0507. The number of aryl methyl sites for hydroxylation is 3. The van der Waals surface area contributed by atoms with Crippen LogP contribution in [0.15, 0.2) is 179 Å². The molecule has 6 aliphatic rings. The topological polar surface area (TPSA) is 204 Å². The predicted molar refractivity (Wildman–Crippen MR) is 473 cm³/mol. The molecule has 0 aliphatic carbocycles. The van der Waals surface area contributed by atoms with E-state index in [0.717, 1.165) is 51.2 Å². The van der Waals surface area contributed by atoms with Crippen molar-refractivity contribution in [1.82, 2.24) is 58.7 Å². The number of benzene rings is 6. The summed E-state index contributed by atoms with van der Waals surface area (Å²) >= 11 is 44.5. The maximum atomic E-state index is 14.4. The van der Waals surface area contributed by atoms with Crippen molar-refractivity contribution in [3.05, 3.63) is 261 Å². The molecule has 3 aromatic heterocycles. The second-order valence-corrected chi connectivity index (χ2v) is 33.2. The summed E-state index contributed by atoms with van der Waals surface area (Å²) in [5, 5.41) is 19.8. The molecule has 6 aliphatic heterocycles. The molecule has 6 aromatic carbocycles. The number of nitrogens with zero attached hydrogens (tertiary/aromatic N) is 17. The number of allylic oxidation sites excluding steroid dienone is 3. The van der Waals surface area contributed by atoms with Gasteiger partial charge < -0.3 is 59.2 Å². The van der Waals surface area contributed by atoms with E-state index in [1.54, 1.807) is 118 Å². The molecule has 6 amide bonds. The van der Waals surface area contributed by atoms with E-state index in [1.807, 2.05) is 113 Å². The molecule has 3 unspecified atom stereocenters. The highest BCUT2D eigenvalue weighted by atomic mass is 35.5. The van der Waals surface area contributed by atoms with Crippen molar-refractivity contribution in [2.75, 3.05) is 170 Å². The van der Waals surface area contributed by atoms with Crippen LogP contribution in [0, 0.1) is 38.2 Å². The van der Waals surface area contributed by atoms with Crippen LogP contribution in [0.3, 0.4) is 0 Å². The summed E-state index contributed by atoms with van der Waals surface area (Å²) in [6.45, 7) is 18.1. The molecule has 24 nitrogen and oxygen atoms in total. The number of likely N-dealkylation sites (N-methyl/N-ethyl adjacent to an activating group) is 2. The van der Waals surface area contributed by atoms with Crippen molar-refractivity contribution in [3.8, 4) is 0 Å². The molecule has 0 spiro atoms. The van der Waals surface area contributed by atoms with Crippen molar-refractivity contribution in [2.45, 2.75) is 59.7 Å². The first-order valence-electron chi connectivity index (χ1n) is 39.1. The SMILES string of the molecule is CC1=C(C(=O)N2CCN(c3ccc(F)cc3)CC2)C(c2cccc(Cl)c2Cl)n2nc(C)cc2N1.CC1=C(C(=O)N2CCN(c3ccc(F)cc3)CC2)C(c2cccc(Cl)c2Cl)n2nc(C)cc2N1CC(=O)N(C)C.CC1=C(C(=O)N2CCN(c3ccc(F)cc3)CC2)C(c2cccc(Cl)c2Cl)n2nc(C)cc2N1CC(=O)N(C)C.CN(C)C(=O)CCl. The maximum Gasteiger partial charge on any atom is 0.254 e.